The minimum atomic E-state index is 0.188. The number of hydrogen-bond donors (Lipinski definition) is 0. The highest BCUT2D eigenvalue weighted by Crippen LogP contribution is 2.29. The van der Waals surface area contributed by atoms with Crippen molar-refractivity contribution in [2.75, 3.05) is 39.5 Å². The third-order valence-corrected chi connectivity index (χ3v) is 3.57. The van der Waals surface area contributed by atoms with Crippen molar-refractivity contribution >= 4 is 0 Å². The van der Waals surface area contributed by atoms with E-state index in [9.17, 15) is 5.26 Å². The molecule has 1 aliphatic carbocycles. The van der Waals surface area contributed by atoms with Gasteiger partial charge in [0.15, 0.2) is 0 Å². The lowest BCUT2D eigenvalue weighted by Gasteiger charge is -2.30. The van der Waals surface area contributed by atoms with E-state index in [1.807, 2.05) is 13.8 Å². The fraction of sp³-hybridized carbons (Fsp3) is 0.929. The number of rotatable bonds is 9. The van der Waals surface area contributed by atoms with Gasteiger partial charge in [0, 0.05) is 32.3 Å². The van der Waals surface area contributed by atoms with Gasteiger partial charge < -0.3 is 9.47 Å². The van der Waals surface area contributed by atoms with Gasteiger partial charge in [-0.3, -0.25) is 4.90 Å². The van der Waals surface area contributed by atoms with Gasteiger partial charge in [-0.1, -0.05) is 6.42 Å². The quantitative estimate of drug-likeness (QED) is 0.591. The van der Waals surface area contributed by atoms with Crippen molar-refractivity contribution in [3.8, 4) is 6.07 Å². The number of nitriles is 1. The molecule has 1 fully saturated rings. The average Bonchev–Trinajstić information content (AvgIpc) is 2.85. The van der Waals surface area contributed by atoms with Crippen LogP contribution in [0.1, 0.15) is 33.1 Å². The summed E-state index contributed by atoms with van der Waals surface area (Å²) >= 11 is 0. The van der Waals surface area contributed by atoms with Gasteiger partial charge in [-0.2, -0.15) is 5.26 Å². The summed E-state index contributed by atoms with van der Waals surface area (Å²) in [6.07, 6.45) is 3.35. The Hall–Kier alpha value is -0.630. The fourth-order valence-corrected chi connectivity index (χ4v) is 2.62. The standard InChI is InChI=1S/C14H26N2O2/c1-3-17-10-8-16(9-11-18-4-2)14-7-5-6-13(14)12-15/h13-14H,3-11H2,1-2H3. The molecule has 104 valence electrons. The van der Waals surface area contributed by atoms with Crippen LogP contribution in [0.15, 0.2) is 0 Å². The molecule has 0 radical (unpaired) electrons. The van der Waals surface area contributed by atoms with E-state index < -0.39 is 0 Å². The van der Waals surface area contributed by atoms with Crippen LogP contribution in [0.4, 0.5) is 0 Å². The first-order valence-electron chi connectivity index (χ1n) is 7.12. The summed E-state index contributed by atoms with van der Waals surface area (Å²) in [7, 11) is 0. The molecule has 1 aliphatic rings. The Balaban J connectivity index is 2.44. The summed E-state index contributed by atoms with van der Waals surface area (Å²) in [6.45, 7) is 8.84. The monoisotopic (exact) mass is 254 g/mol. The zero-order valence-corrected chi connectivity index (χ0v) is 11.7. The molecule has 0 aromatic heterocycles. The zero-order chi connectivity index (χ0) is 13.2. The van der Waals surface area contributed by atoms with Crippen LogP contribution in [-0.4, -0.2) is 50.5 Å². The van der Waals surface area contributed by atoms with Gasteiger partial charge in [0.05, 0.1) is 25.2 Å². The summed E-state index contributed by atoms with van der Waals surface area (Å²) < 4.78 is 10.9. The van der Waals surface area contributed by atoms with Crippen LogP contribution in [0.5, 0.6) is 0 Å². The molecule has 1 saturated carbocycles. The Bertz CT molecular complexity index is 243. The Morgan fingerprint density at radius 1 is 1.11 bits per heavy atom. The van der Waals surface area contributed by atoms with Crippen molar-refractivity contribution in [1.82, 2.24) is 4.90 Å². The van der Waals surface area contributed by atoms with Crippen molar-refractivity contribution in [2.24, 2.45) is 5.92 Å². The molecule has 0 N–H and O–H groups in total. The van der Waals surface area contributed by atoms with Crippen LogP contribution in [0, 0.1) is 17.2 Å². The predicted octanol–water partition coefficient (Wildman–Crippen LogP) is 2.05. The molecular formula is C14H26N2O2. The molecule has 0 aliphatic heterocycles. The highest BCUT2D eigenvalue weighted by atomic mass is 16.5. The van der Waals surface area contributed by atoms with Crippen molar-refractivity contribution in [3.63, 3.8) is 0 Å². The van der Waals surface area contributed by atoms with Crippen LogP contribution < -0.4 is 0 Å². The van der Waals surface area contributed by atoms with Gasteiger partial charge in [0.1, 0.15) is 0 Å². The lowest BCUT2D eigenvalue weighted by molar-refractivity contribution is 0.0582. The summed E-state index contributed by atoms with van der Waals surface area (Å²) in [6, 6.07) is 2.85. The van der Waals surface area contributed by atoms with Crippen molar-refractivity contribution in [1.29, 1.82) is 5.26 Å². The zero-order valence-electron chi connectivity index (χ0n) is 11.7. The molecule has 0 aromatic rings. The van der Waals surface area contributed by atoms with E-state index in [1.165, 1.54) is 6.42 Å². The lowest BCUT2D eigenvalue weighted by Crippen LogP contribution is -2.41. The first-order chi connectivity index (χ1) is 8.83. The first kappa shape index (κ1) is 15.4. The molecule has 0 heterocycles. The molecule has 0 bridgehead atoms. The summed E-state index contributed by atoms with van der Waals surface area (Å²) in [5, 5.41) is 9.19. The maximum absolute atomic E-state index is 9.19. The number of hydrogen-bond acceptors (Lipinski definition) is 4. The molecule has 0 spiro atoms. The SMILES string of the molecule is CCOCCN(CCOCC)C1CCCC1C#N. The molecular weight excluding hydrogens is 228 g/mol. The molecule has 0 amide bonds. The molecule has 2 atom stereocenters. The van der Waals surface area contributed by atoms with E-state index in [1.54, 1.807) is 0 Å². The van der Waals surface area contributed by atoms with Gasteiger partial charge in [-0.15, -0.1) is 0 Å². The topological polar surface area (TPSA) is 45.5 Å². The van der Waals surface area contributed by atoms with E-state index in [0.29, 0.717) is 6.04 Å². The minimum Gasteiger partial charge on any atom is -0.380 e. The maximum Gasteiger partial charge on any atom is 0.0672 e. The van der Waals surface area contributed by atoms with Crippen LogP contribution in [0.3, 0.4) is 0 Å². The van der Waals surface area contributed by atoms with Crippen LogP contribution in [0.25, 0.3) is 0 Å². The molecule has 0 aromatic carbocycles. The average molecular weight is 254 g/mol. The van der Waals surface area contributed by atoms with Crippen LogP contribution in [-0.2, 0) is 9.47 Å². The Morgan fingerprint density at radius 2 is 1.72 bits per heavy atom. The van der Waals surface area contributed by atoms with Crippen LogP contribution in [0.2, 0.25) is 0 Å². The molecule has 4 heteroatoms. The fourth-order valence-electron chi connectivity index (χ4n) is 2.62. The lowest BCUT2D eigenvalue weighted by atomic mass is 10.0. The van der Waals surface area contributed by atoms with E-state index >= 15 is 0 Å². The van der Waals surface area contributed by atoms with Crippen molar-refractivity contribution < 1.29 is 9.47 Å². The van der Waals surface area contributed by atoms with Gasteiger partial charge in [0.25, 0.3) is 0 Å². The van der Waals surface area contributed by atoms with E-state index in [2.05, 4.69) is 11.0 Å². The Morgan fingerprint density at radius 3 is 2.22 bits per heavy atom. The second kappa shape index (κ2) is 9.32. The highest BCUT2D eigenvalue weighted by Gasteiger charge is 2.31. The first-order valence-corrected chi connectivity index (χ1v) is 7.12. The second-order valence-electron chi connectivity index (χ2n) is 4.66. The van der Waals surface area contributed by atoms with Crippen LogP contribution >= 0.6 is 0 Å². The summed E-state index contributed by atoms with van der Waals surface area (Å²) in [5.41, 5.74) is 0. The van der Waals surface area contributed by atoms with Gasteiger partial charge in [-0.05, 0) is 26.7 Å². The maximum atomic E-state index is 9.19. The number of ether oxygens (including phenoxy) is 2. The largest absolute Gasteiger partial charge is 0.380 e. The predicted molar refractivity (Wildman–Crippen MR) is 71.3 cm³/mol. The van der Waals surface area contributed by atoms with Gasteiger partial charge in [0.2, 0.25) is 0 Å². The van der Waals surface area contributed by atoms with E-state index in [0.717, 1.165) is 52.4 Å². The normalized spacial score (nSPS) is 23.4. The third kappa shape index (κ3) is 4.93. The highest BCUT2D eigenvalue weighted by molar-refractivity contribution is 4.97. The molecule has 0 saturated heterocycles. The second-order valence-corrected chi connectivity index (χ2v) is 4.66. The van der Waals surface area contributed by atoms with Crippen molar-refractivity contribution in [2.45, 2.75) is 39.2 Å². The molecule has 18 heavy (non-hydrogen) atoms. The van der Waals surface area contributed by atoms with Gasteiger partial charge >= 0.3 is 0 Å². The molecule has 4 nitrogen and oxygen atoms in total. The van der Waals surface area contributed by atoms with E-state index in [4.69, 9.17) is 9.47 Å². The third-order valence-electron chi connectivity index (χ3n) is 3.57. The Labute approximate surface area is 111 Å². The van der Waals surface area contributed by atoms with Crippen molar-refractivity contribution in [3.05, 3.63) is 0 Å². The molecule has 2 unspecified atom stereocenters. The summed E-state index contributed by atoms with van der Waals surface area (Å²) in [4.78, 5) is 2.38. The smallest absolute Gasteiger partial charge is 0.0672 e. The Kier molecular flexibility index (Phi) is 7.99. The van der Waals surface area contributed by atoms with E-state index in [-0.39, 0.29) is 5.92 Å². The number of nitrogens with zero attached hydrogens (tertiary/aromatic N) is 2. The summed E-state index contributed by atoms with van der Waals surface area (Å²) in [5.74, 6) is 0.188. The molecule has 1 rings (SSSR count). The minimum absolute atomic E-state index is 0.188. The van der Waals surface area contributed by atoms with Gasteiger partial charge in [-0.25, -0.2) is 0 Å².